The summed E-state index contributed by atoms with van der Waals surface area (Å²) in [7, 11) is 0. The number of benzene rings is 10. The quantitative estimate of drug-likeness (QED) is 0.173. The molecule has 0 atom stereocenters. The van der Waals surface area contributed by atoms with Gasteiger partial charge in [0, 0.05) is 26.9 Å². The third-order valence-electron chi connectivity index (χ3n) is 11.5. The molecular weight excluding hydrogens is 657 g/mol. The largest absolute Gasteiger partial charge is 0.456 e. The zero-order valence-electron chi connectivity index (χ0n) is 29.1. The Balaban J connectivity index is 1.02. The summed E-state index contributed by atoms with van der Waals surface area (Å²) in [5.41, 5.74) is 10.9. The van der Waals surface area contributed by atoms with Gasteiger partial charge in [0.15, 0.2) is 0 Å². The third-order valence-corrected chi connectivity index (χ3v) is 11.5. The maximum Gasteiger partial charge on any atom is 0.144 e. The van der Waals surface area contributed by atoms with Crippen LogP contribution < -0.4 is 0 Å². The molecule has 250 valence electrons. The maximum absolute atomic E-state index is 6.67. The van der Waals surface area contributed by atoms with Crippen molar-refractivity contribution in [2.75, 3.05) is 0 Å². The number of hydrogen-bond acceptors (Lipinski definition) is 2. The Labute approximate surface area is 310 Å². The lowest BCUT2D eigenvalue weighted by Crippen LogP contribution is -1.91. The van der Waals surface area contributed by atoms with Crippen molar-refractivity contribution in [3.63, 3.8) is 0 Å². The molecule has 10 aromatic carbocycles. The molecule has 0 unspecified atom stereocenters. The zero-order chi connectivity index (χ0) is 35.3. The highest BCUT2D eigenvalue weighted by molar-refractivity contribution is 6.28. The van der Waals surface area contributed by atoms with Gasteiger partial charge in [-0.05, 0) is 101 Å². The molecule has 0 radical (unpaired) electrons. The Hall–Kier alpha value is -7.16. The summed E-state index contributed by atoms with van der Waals surface area (Å²) in [6.07, 6.45) is 0. The second-order valence-electron chi connectivity index (χ2n) is 14.3. The first-order chi connectivity index (χ1) is 26.8. The van der Waals surface area contributed by atoms with E-state index in [-0.39, 0.29) is 0 Å². The number of rotatable bonds is 3. The van der Waals surface area contributed by atoms with Gasteiger partial charge in [0.05, 0.1) is 0 Å². The lowest BCUT2D eigenvalue weighted by molar-refractivity contribution is 0.668. The van der Waals surface area contributed by atoms with Crippen molar-refractivity contribution in [1.82, 2.24) is 0 Å². The van der Waals surface area contributed by atoms with E-state index >= 15 is 0 Å². The Morgan fingerprint density at radius 3 is 1.63 bits per heavy atom. The normalized spacial score (nSPS) is 12.1. The highest BCUT2D eigenvalue weighted by Crippen LogP contribution is 2.46. The van der Waals surface area contributed by atoms with Gasteiger partial charge in [0.1, 0.15) is 22.3 Å². The second-order valence-corrected chi connectivity index (χ2v) is 14.3. The standard InChI is InChI=1S/C52H30O2/c1-2-12-36-32(10-1)11-9-18-37(36)50-40-15-5-3-13-38(40)48(39-14-4-6-16-41(39)50)33-22-20-31(21-23-33)35-26-28-46-44(30-35)42-27-24-34-25-29-47-51(49(34)52(42)54-46)43-17-7-8-19-45(43)53-47/h1-30H. The topological polar surface area (TPSA) is 26.3 Å². The number of para-hydroxylation sites is 1. The molecule has 2 nitrogen and oxygen atoms in total. The van der Waals surface area contributed by atoms with Gasteiger partial charge < -0.3 is 8.83 Å². The van der Waals surface area contributed by atoms with E-state index in [0.717, 1.165) is 60.2 Å². The van der Waals surface area contributed by atoms with Gasteiger partial charge in [0.2, 0.25) is 0 Å². The average molecular weight is 687 g/mol. The van der Waals surface area contributed by atoms with E-state index in [2.05, 4.69) is 170 Å². The fourth-order valence-electron chi connectivity index (χ4n) is 9.04. The van der Waals surface area contributed by atoms with Crippen LogP contribution in [0.5, 0.6) is 0 Å². The van der Waals surface area contributed by atoms with Crippen LogP contribution in [-0.2, 0) is 0 Å². The summed E-state index contributed by atoms with van der Waals surface area (Å²) in [6, 6.07) is 65.6. The van der Waals surface area contributed by atoms with Crippen molar-refractivity contribution in [1.29, 1.82) is 0 Å². The third kappa shape index (κ3) is 4.17. The number of fused-ring (bicyclic) bond motifs is 12. The molecule has 0 saturated heterocycles. The van der Waals surface area contributed by atoms with E-state index in [1.54, 1.807) is 0 Å². The lowest BCUT2D eigenvalue weighted by Gasteiger charge is -2.19. The smallest absolute Gasteiger partial charge is 0.144 e. The van der Waals surface area contributed by atoms with Crippen LogP contribution in [0.2, 0.25) is 0 Å². The molecule has 0 saturated carbocycles. The second kappa shape index (κ2) is 11.2. The van der Waals surface area contributed by atoms with Crippen LogP contribution >= 0.6 is 0 Å². The molecule has 0 aliphatic heterocycles. The van der Waals surface area contributed by atoms with Crippen molar-refractivity contribution in [2.24, 2.45) is 0 Å². The summed E-state index contributed by atoms with van der Waals surface area (Å²) in [4.78, 5) is 0. The summed E-state index contributed by atoms with van der Waals surface area (Å²) in [5.74, 6) is 0. The van der Waals surface area contributed by atoms with Gasteiger partial charge in [-0.25, -0.2) is 0 Å². The highest BCUT2D eigenvalue weighted by atomic mass is 16.3. The monoisotopic (exact) mass is 686 g/mol. The van der Waals surface area contributed by atoms with Crippen LogP contribution in [0.1, 0.15) is 0 Å². The molecule has 0 aliphatic carbocycles. The lowest BCUT2D eigenvalue weighted by atomic mass is 9.84. The van der Waals surface area contributed by atoms with E-state index < -0.39 is 0 Å². The summed E-state index contributed by atoms with van der Waals surface area (Å²) in [5, 5.41) is 14.2. The van der Waals surface area contributed by atoms with Crippen molar-refractivity contribution in [2.45, 2.75) is 0 Å². The van der Waals surface area contributed by atoms with Gasteiger partial charge in [-0.3, -0.25) is 0 Å². The average Bonchev–Trinajstić information content (AvgIpc) is 3.81. The van der Waals surface area contributed by atoms with Gasteiger partial charge in [0.25, 0.3) is 0 Å². The molecule has 0 fully saturated rings. The first-order valence-corrected chi connectivity index (χ1v) is 18.5. The van der Waals surface area contributed by atoms with Crippen LogP contribution in [0.4, 0.5) is 0 Å². The number of furan rings is 2. The Bertz CT molecular complexity index is 3430. The van der Waals surface area contributed by atoms with Crippen molar-refractivity contribution in [3.05, 3.63) is 182 Å². The maximum atomic E-state index is 6.67. The van der Waals surface area contributed by atoms with E-state index in [9.17, 15) is 0 Å². The zero-order valence-corrected chi connectivity index (χ0v) is 29.1. The first kappa shape index (κ1) is 29.4. The first-order valence-electron chi connectivity index (χ1n) is 18.5. The van der Waals surface area contributed by atoms with Crippen LogP contribution in [-0.4, -0.2) is 0 Å². The SMILES string of the molecule is c1ccc2c(-c3c4ccccc4c(-c4ccc(-c5ccc6oc7c(ccc8ccc9oc%10ccccc%10c9c87)c6c5)cc4)c4ccccc34)cccc2c1. The van der Waals surface area contributed by atoms with E-state index in [0.29, 0.717) is 0 Å². The minimum atomic E-state index is 0.876. The van der Waals surface area contributed by atoms with E-state index in [1.165, 1.54) is 60.1 Å². The van der Waals surface area contributed by atoms with Crippen molar-refractivity contribution in [3.8, 4) is 33.4 Å². The predicted octanol–water partition coefficient (Wildman–Crippen LogP) is 15.1. The molecule has 12 rings (SSSR count). The number of hydrogen-bond donors (Lipinski definition) is 0. The fraction of sp³-hybridized carbons (Fsp3) is 0. The van der Waals surface area contributed by atoms with Gasteiger partial charge in [-0.1, -0.05) is 152 Å². The molecule has 0 bridgehead atoms. The highest BCUT2D eigenvalue weighted by Gasteiger charge is 2.19. The predicted molar refractivity (Wildman–Crippen MR) is 227 cm³/mol. The summed E-state index contributed by atoms with van der Waals surface area (Å²) < 4.78 is 12.9. The molecular formula is C52H30O2. The van der Waals surface area contributed by atoms with Crippen LogP contribution in [0.3, 0.4) is 0 Å². The van der Waals surface area contributed by atoms with Gasteiger partial charge >= 0.3 is 0 Å². The summed E-state index contributed by atoms with van der Waals surface area (Å²) in [6.45, 7) is 0. The van der Waals surface area contributed by atoms with Crippen molar-refractivity contribution >= 4 is 87.0 Å². The van der Waals surface area contributed by atoms with Gasteiger partial charge in [-0.2, -0.15) is 0 Å². The van der Waals surface area contributed by atoms with Gasteiger partial charge in [-0.15, -0.1) is 0 Å². The molecule has 0 aliphatic rings. The Kier molecular flexibility index (Phi) is 6.09. The molecule has 0 amide bonds. The molecule has 0 spiro atoms. The van der Waals surface area contributed by atoms with Crippen LogP contribution in [0.25, 0.3) is 120 Å². The summed E-state index contributed by atoms with van der Waals surface area (Å²) >= 11 is 0. The molecule has 2 heteroatoms. The molecule has 12 aromatic rings. The fourth-order valence-corrected chi connectivity index (χ4v) is 9.04. The minimum absolute atomic E-state index is 0.876. The molecule has 2 aromatic heterocycles. The van der Waals surface area contributed by atoms with Crippen LogP contribution in [0, 0.1) is 0 Å². The molecule has 2 heterocycles. The Morgan fingerprint density at radius 1 is 0.278 bits per heavy atom. The minimum Gasteiger partial charge on any atom is -0.456 e. The molecule has 54 heavy (non-hydrogen) atoms. The molecule has 0 N–H and O–H groups in total. The van der Waals surface area contributed by atoms with Crippen molar-refractivity contribution < 1.29 is 8.83 Å². The van der Waals surface area contributed by atoms with E-state index in [1.807, 2.05) is 12.1 Å². The van der Waals surface area contributed by atoms with E-state index in [4.69, 9.17) is 8.83 Å². The van der Waals surface area contributed by atoms with Crippen LogP contribution in [0.15, 0.2) is 191 Å². The Morgan fingerprint density at radius 2 is 0.852 bits per heavy atom.